The van der Waals surface area contributed by atoms with E-state index < -0.39 is 11.8 Å². The lowest BCUT2D eigenvalue weighted by atomic mass is 9.83. The summed E-state index contributed by atoms with van der Waals surface area (Å²) in [6, 6.07) is 1.75. The van der Waals surface area contributed by atoms with E-state index in [9.17, 15) is 9.59 Å². The zero-order valence-electron chi connectivity index (χ0n) is 9.51. The topological polar surface area (TPSA) is 82.0 Å². The average Bonchev–Trinajstić information content (AvgIpc) is 2.26. The van der Waals surface area contributed by atoms with Crippen molar-refractivity contribution in [3.05, 3.63) is 0 Å². The van der Waals surface area contributed by atoms with Gasteiger partial charge >= 0.3 is 11.8 Å². The van der Waals surface area contributed by atoms with Gasteiger partial charge in [0.2, 0.25) is 0 Å². The summed E-state index contributed by atoms with van der Waals surface area (Å²) in [5.41, 5.74) is -0.265. The molecule has 1 aliphatic rings. The number of nitrogens with zero attached hydrogens (tertiary/aromatic N) is 1. The Labute approximate surface area is 95.2 Å². The fourth-order valence-electron chi connectivity index (χ4n) is 1.99. The van der Waals surface area contributed by atoms with E-state index in [1.54, 1.807) is 6.07 Å². The second-order valence-electron chi connectivity index (χ2n) is 4.42. The zero-order valence-corrected chi connectivity index (χ0v) is 9.51. The van der Waals surface area contributed by atoms with Gasteiger partial charge in [-0.15, -0.1) is 0 Å². The van der Waals surface area contributed by atoms with Crippen molar-refractivity contribution in [1.82, 2.24) is 10.6 Å². The van der Waals surface area contributed by atoms with Crippen LogP contribution in [0.4, 0.5) is 0 Å². The molecule has 1 fully saturated rings. The van der Waals surface area contributed by atoms with Crippen LogP contribution in [0.2, 0.25) is 0 Å². The highest BCUT2D eigenvalue weighted by Gasteiger charge is 2.30. The second kappa shape index (κ2) is 5.50. The molecule has 0 aromatic heterocycles. The number of rotatable bonds is 2. The van der Waals surface area contributed by atoms with Crippen molar-refractivity contribution < 1.29 is 9.59 Å². The van der Waals surface area contributed by atoms with E-state index in [4.69, 9.17) is 5.26 Å². The SMILES string of the molecule is CC1(NC(=O)C(=O)NCC#N)CCCCC1. The van der Waals surface area contributed by atoms with E-state index in [1.807, 2.05) is 6.92 Å². The van der Waals surface area contributed by atoms with E-state index in [2.05, 4.69) is 10.6 Å². The van der Waals surface area contributed by atoms with Gasteiger partial charge in [-0.1, -0.05) is 19.3 Å². The van der Waals surface area contributed by atoms with Crippen LogP contribution in [0.25, 0.3) is 0 Å². The minimum absolute atomic E-state index is 0.136. The van der Waals surface area contributed by atoms with Crippen molar-refractivity contribution in [2.45, 2.75) is 44.6 Å². The van der Waals surface area contributed by atoms with E-state index in [0.717, 1.165) is 25.7 Å². The molecule has 2 amide bonds. The summed E-state index contributed by atoms with van der Waals surface area (Å²) >= 11 is 0. The Hall–Kier alpha value is -1.57. The van der Waals surface area contributed by atoms with Crippen molar-refractivity contribution in [2.75, 3.05) is 6.54 Å². The summed E-state index contributed by atoms with van der Waals surface area (Å²) in [4.78, 5) is 22.7. The van der Waals surface area contributed by atoms with Gasteiger partial charge in [0.1, 0.15) is 6.54 Å². The molecule has 1 aliphatic carbocycles. The Morgan fingerprint density at radius 2 is 1.88 bits per heavy atom. The molecule has 1 saturated carbocycles. The summed E-state index contributed by atoms with van der Waals surface area (Å²) in [5, 5.41) is 13.2. The molecular formula is C11H17N3O2. The molecule has 0 spiro atoms. The highest BCUT2D eigenvalue weighted by atomic mass is 16.2. The van der Waals surface area contributed by atoms with Crippen LogP contribution in [-0.2, 0) is 9.59 Å². The fourth-order valence-corrected chi connectivity index (χ4v) is 1.99. The minimum Gasteiger partial charge on any atom is -0.343 e. The molecule has 16 heavy (non-hydrogen) atoms. The monoisotopic (exact) mass is 223 g/mol. The lowest BCUT2D eigenvalue weighted by Crippen LogP contribution is -2.52. The number of nitrogens with one attached hydrogen (secondary N) is 2. The maximum Gasteiger partial charge on any atom is 0.310 e. The van der Waals surface area contributed by atoms with E-state index in [-0.39, 0.29) is 12.1 Å². The number of carbonyl (C=O) groups excluding carboxylic acids is 2. The first-order chi connectivity index (χ1) is 7.57. The van der Waals surface area contributed by atoms with Gasteiger partial charge in [0.25, 0.3) is 0 Å². The zero-order chi connectivity index (χ0) is 12.0. The van der Waals surface area contributed by atoms with Crippen LogP contribution in [0.15, 0.2) is 0 Å². The predicted molar refractivity (Wildman–Crippen MR) is 58.3 cm³/mol. The summed E-state index contributed by atoms with van der Waals surface area (Å²) in [7, 11) is 0. The molecule has 0 aromatic rings. The van der Waals surface area contributed by atoms with Crippen LogP contribution in [0.3, 0.4) is 0 Å². The molecule has 0 aliphatic heterocycles. The maximum atomic E-state index is 11.5. The van der Waals surface area contributed by atoms with Crippen LogP contribution in [0, 0.1) is 11.3 Å². The van der Waals surface area contributed by atoms with E-state index in [1.165, 1.54) is 6.42 Å². The molecule has 0 saturated heterocycles. The molecule has 0 bridgehead atoms. The summed E-state index contributed by atoms with van der Waals surface area (Å²) in [5.74, 6) is -1.37. The van der Waals surface area contributed by atoms with E-state index in [0.29, 0.717) is 0 Å². The quantitative estimate of drug-likeness (QED) is 0.527. The molecule has 2 N–H and O–H groups in total. The lowest BCUT2D eigenvalue weighted by molar-refractivity contribution is -0.140. The first-order valence-corrected chi connectivity index (χ1v) is 5.55. The Morgan fingerprint density at radius 3 is 2.44 bits per heavy atom. The third-order valence-corrected chi connectivity index (χ3v) is 2.91. The van der Waals surface area contributed by atoms with Crippen LogP contribution in [0.1, 0.15) is 39.0 Å². The Bertz CT molecular complexity index is 314. The molecule has 0 heterocycles. The van der Waals surface area contributed by atoms with Gasteiger partial charge in [0.05, 0.1) is 6.07 Å². The highest BCUT2D eigenvalue weighted by Crippen LogP contribution is 2.27. The first-order valence-electron chi connectivity index (χ1n) is 5.55. The van der Waals surface area contributed by atoms with Gasteiger partial charge in [-0.2, -0.15) is 5.26 Å². The number of amides is 2. The molecule has 5 heteroatoms. The van der Waals surface area contributed by atoms with Gasteiger partial charge in [0.15, 0.2) is 0 Å². The molecule has 0 unspecified atom stereocenters. The molecule has 0 atom stereocenters. The van der Waals surface area contributed by atoms with Crippen LogP contribution in [0.5, 0.6) is 0 Å². The second-order valence-corrected chi connectivity index (χ2v) is 4.42. The molecule has 88 valence electrons. The Kier molecular flexibility index (Phi) is 4.29. The van der Waals surface area contributed by atoms with Gasteiger partial charge in [-0.3, -0.25) is 9.59 Å². The first kappa shape index (κ1) is 12.5. The standard InChI is InChI=1S/C11H17N3O2/c1-11(5-3-2-4-6-11)14-10(16)9(15)13-8-7-12/h2-6,8H2,1H3,(H,13,15)(H,14,16). The predicted octanol–water partition coefficient (Wildman–Crippen LogP) is 0.465. The van der Waals surface area contributed by atoms with Crippen LogP contribution < -0.4 is 10.6 Å². The Morgan fingerprint density at radius 1 is 1.25 bits per heavy atom. The smallest absolute Gasteiger partial charge is 0.310 e. The number of nitriles is 1. The minimum atomic E-state index is -0.728. The third kappa shape index (κ3) is 3.54. The van der Waals surface area contributed by atoms with Crippen molar-refractivity contribution in [1.29, 1.82) is 5.26 Å². The summed E-state index contributed by atoms with van der Waals surface area (Å²) in [6.45, 7) is 1.82. The molecule has 1 rings (SSSR count). The van der Waals surface area contributed by atoms with Gasteiger partial charge in [-0.05, 0) is 19.8 Å². The summed E-state index contributed by atoms with van der Waals surface area (Å²) < 4.78 is 0. The van der Waals surface area contributed by atoms with Crippen LogP contribution >= 0.6 is 0 Å². The van der Waals surface area contributed by atoms with Crippen molar-refractivity contribution in [3.63, 3.8) is 0 Å². The number of carbonyl (C=O) groups is 2. The van der Waals surface area contributed by atoms with Crippen molar-refractivity contribution in [3.8, 4) is 6.07 Å². The third-order valence-electron chi connectivity index (χ3n) is 2.91. The number of hydrogen-bond donors (Lipinski definition) is 2. The Balaban J connectivity index is 2.43. The van der Waals surface area contributed by atoms with Crippen molar-refractivity contribution >= 4 is 11.8 Å². The van der Waals surface area contributed by atoms with Gasteiger partial charge in [0, 0.05) is 5.54 Å². The van der Waals surface area contributed by atoms with Gasteiger partial charge < -0.3 is 10.6 Å². The van der Waals surface area contributed by atoms with Crippen molar-refractivity contribution in [2.24, 2.45) is 0 Å². The normalized spacial score (nSPS) is 18.2. The van der Waals surface area contributed by atoms with E-state index >= 15 is 0 Å². The fraction of sp³-hybridized carbons (Fsp3) is 0.727. The molecule has 5 nitrogen and oxygen atoms in total. The number of hydrogen-bond acceptors (Lipinski definition) is 3. The van der Waals surface area contributed by atoms with Crippen LogP contribution in [-0.4, -0.2) is 23.9 Å². The molecule has 0 aromatic carbocycles. The molecular weight excluding hydrogens is 206 g/mol. The maximum absolute atomic E-state index is 11.5. The summed E-state index contributed by atoms with van der Waals surface area (Å²) in [6.07, 6.45) is 5.16. The largest absolute Gasteiger partial charge is 0.343 e. The lowest BCUT2D eigenvalue weighted by Gasteiger charge is -2.34. The average molecular weight is 223 g/mol. The molecule has 0 radical (unpaired) electrons. The van der Waals surface area contributed by atoms with Gasteiger partial charge in [-0.25, -0.2) is 0 Å². The highest BCUT2D eigenvalue weighted by molar-refractivity contribution is 6.35.